The van der Waals surface area contributed by atoms with Crippen molar-refractivity contribution in [3.63, 3.8) is 0 Å². The molecule has 0 bridgehead atoms. The average molecular weight is 391 g/mol. The number of nitrogens with zero attached hydrogens (tertiary/aromatic N) is 2. The SMILES string of the molecule is C#Cc1cccc(NC(=O)CCCn2cnc3cc(OC)c(OC)cc3c2=O)c1. The zero-order valence-electron chi connectivity index (χ0n) is 16.3. The number of aromatic nitrogens is 2. The van der Waals surface area contributed by atoms with Crippen molar-refractivity contribution in [3.8, 4) is 23.8 Å². The first-order valence-electron chi connectivity index (χ1n) is 9.03. The van der Waals surface area contributed by atoms with E-state index in [1.165, 1.54) is 25.1 Å². The summed E-state index contributed by atoms with van der Waals surface area (Å²) in [5, 5.41) is 3.24. The molecule has 0 unspecified atom stereocenters. The number of carbonyl (C=O) groups is 1. The molecule has 0 saturated heterocycles. The summed E-state index contributed by atoms with van der Waals surface area (Å²) in [6.07, 6.45) is 7.59. The highest BCUT2D eigenvalue weighted by atomic mass is 16.5. The molecule has 3 aromatic rings. The number of methoxy groups -OCH3 is 2. The zero-order chi connectivity index (χ0) is 20.8. The van der Waals surface area contributed by atoms with Crippen molar-refractivity contribution in [2.75, 3.05) is 19.5 Å². The maximum absolute atomic E-state index is 12.7. The number of fused-ring (bicyclic) bond motifs is 1. The molecule has 0 aliphatic carbocycles. The van der Waals surface area contributed by atoms with E-state index >= 15 is 0 Å². The van der Waals surface area contributed by atoms with Crippen LogP contribution in [0, 0.1) is 12.3 Å². The standard InChI is InChI=1S/C22H21N3O4/c1-4-15-7-5-8-16(11-15)24-21(26)9-6-10-25-14-23-18-13-20(29-3)19(28-2)12-17(18)22(25)27/h1,5,7-8,11-14H,6,9-10H2,2-3H3,(H,24,26). The number of aryl methyl sites for hydroxylation is 1. The molecule has 7 nitrogen and oxygen atoms in total. The number of benzene rings is 2. The van der Waals surface area contributed by atoms with Gasteiger partial charge in [0.1, 0.15) is 0 Å². The van der Waals surface area contributed by atoms with Crippen molar-refractivity contribution in [3.05, 3.63) is 58.6 Å². The molecule has 0 saturated carbocycles. The second-order valence-corrected chi connectivity index (χ2v) is 6.34. The summed E-state index contributed by atoms with van der Waals surface area (Å²) in [6, 6.07) is 10.4. The average Bonchev–Trinajstić information content (AvgIpc) is 2.74. The van der Waals surface area contributed by atoms with Crippen molar-refractivity contribution in [2.45, 2.75) is 19.4 Å². The Kier molecular flexibility index (Phi) is 6.15. The van der Waals surface area contributed by atoms with Gasteiger partial charge in [0, 0.05) is 30.3 Å². The molecule has 0 aliphatic heterocycles. The lowest BCUT2D eigenvalue weighted by Crippen LogP contribution is -2.22. The normalized spacial score (nSPS) is 10.4. The van der Waals surface area contributed by atoms with E-state index in [-0.39, 0.29) is 17.9 Å². The van der Waals surface area contributed by atoms with Crippen LogP contribution in [0.25, 0.3) is 10.9 Å². The molecule has 1 N–H and O–H groups in total. The van der Waals surface area contributed by atoms with Gasteiger partial charge in [-0.3, -0.25) is 14.2 Å². The molecule has 29 heavy (non-hydrogen) atoms. The highest BCUT2D eigenvalue weighted by Crippen LogP contribution is 2.29. The van der Waals surface area contributed by atoms with Gasteiger partial charge in [0.2, 0.25) is 5.91 Å². The lowest BCUT2D eigenvalue weighted by atomic mass is 10.2. The molecular weight excluding hydrogens is 370 g/mol. The molecular formula is C22H21N3O4. The van der Waals surface area contributed by atoms with Crippen molar-refractivity contribution in [1.82, 2.24) is 9.55 Å². The number of hydrogen-bond acceptors (Lipinski definition) is 5. The predicted molar refractivity (Wildman–Crippen MR) is 111 cm³/mol. The quantitative estimate of drug-likeness (QED) is 0.627. The first-order valence-corrected chi connectivity index (χ1v) is 9.03. The van der Waals surface area contributed by atoms with E-state index in [4.69, 9.17) is 15.9 Å². The summed E-state index contributed by atoms with van der Waals surface area (Å²) in [5.41, 5.74) is 1.67. The van der Waals surface area contributed by atoms with E-state index in [0.717, 1.165) is 0 Å². The van der Waals surface area contributed by atoms with Crippen LogP contribution in [0.15, 0.2) is 47.5 Å². The number of anilines is 1. The minimum atomic E-state index is -0.196. The number of hydrogen-bond donors (Lipinski definition) is 1. The molecule has 3 rings (SSSR count). The number of ether oxygens (including phenoxy) is 2. The van der Waals surface area contributed by atoms with E-state index in [1.54, 1.807) is 36.4 Å². The van der Waals surface area contributed by atoms with E-state index in [9.17, 15) is 9.59 Å². The van der Waals surface area contributed by atoms with Crippen molar-refractivity contribution >= 4 is 22.5 Å². The van der Waals surface area contributed by atoms with Crippen molar-refractivity contribution < 1.29 is 14.3 Å². The number of amides is 1. The van der Waals surface area contributed by atoms with Crippen LogP contribution in [0.1, 0.15) is 18.4 Å². The van der Waals surface area contributed by atoms with Crippen LogP contribution < -0.4 is 20.3 Å². The first kappa shape index (κ1) is 20.0. The zero-order valence-corrected chi connectivity index (χ0v) is 16.3. The van der Waals surface area contributed by atoms with Gasteiger partial charge in [-0.1, -0.05) is 12.0 Å². The van der Waals surface area contributed by atoms with Crippen LogP contribution in [-0.2, 0) is 11.3 Å². The van der Waals surface area contributed by atoms with Gasteiger partial charge in [-0.05, 0) is 30.7 Å². The largest absolute Gasteiger partial charge is 0.493 e. The third-order valence-electron chi connectivity index (χ3n) is 4.45. The summed E-state index contributed by atoms with van der Waals surface area (Å²) in [7, 11) is 3.04. The Bertz CT molecular complexity index is 1140. The summed E-state index contributed by atoms with van der Waals surface area (Å²) in [5.74, 6) is 3.35. The Hall–Kier alpha value is -3.79. The van der Waals surface area contributed by atoms with Gasteiger partial charge in [0.25, 0.3) is 5.56 Å². The molecule has 1 heterocycles. The maximum Gasteiger partial charge on any atom is 0.261 e. The summed E-state index contributed by atoms with van der Waals surface area (Å²) >= 11 is 0. The fourth-order valence-corrected chi connectivity index (χ4v) is 2.96. The predicted octanol–water partition coefficient (Wildman–Crippen LogP) is 2.81. The van der Waals surface area contributed by atoms with Gasteiger partial charge in [-0.25, -0.2) is 4.98 Å². The Morgan fingerprint density at radius 1 is 1.21 bits per heavy atom. The molecule has 7 heteroatoms. The second-order valence-electron chi connectivity index (χ2n) is 6.34. The lowest BCUT2D eigenvalue weighted by Gasteiger charge is -2.10. The minimum absolute atomic E-state index is 0.146. The monoisotopic (exact) mass is 391 g/mol. The van der Waals surface area contributed by atoms with Crippen LogP contribution in [0.2, 0.25) is 0 Å². The molecule has 0 aliphatic rings. The smallest absolute Gasteiger partial charge is 0.261 e. The van der Waals surface area contributed by atoms with Crippen LogP contribution in [0.5, 0.6) is 11.5 Å². The van der Waals surface area contributed by atoms with E-state index in [0.29, 0.717) is 46.6 Å². The molecule has 0 fully saturated rings. The topological polar surface area (TPSA) is 82.5 Å². The number of terminal acetylenes is 1. The van der Waals surface area contributed by atoms with Crippen LogP contribution in [-0.4, -0.2) is 29.7 Å². The molecule has 1 amide bonds. The van der Waals surface area contributed by atoms with Crippen molar-refractivity contribution in [2.24, 2.45) is 0 Å². The highest BCUT2D eigenvalue weighted by Gasteiger charge is 2.11. The Morgan fingerprint density at radius 3 is 2.69 bits per heavy atom. The molecule has 148 valence electrons. The van der Waals surface area contributed by atoms with E-state index in [2.05, 4.69) is 16.2 Å². The lowest BCUT2D eigenvalue weighted by molar-refractivity contribution is -0.116. The molecule has 0 radical (unpaired) electrons. The Morgan fingerprint density at radius 2 is 1.97 bits per heavy atom. The summed E-state index contributed by atoms with van der Waals surface area (Å²) in [4.78, 5) is 29.2. The van der Waals surface area contributed by atoms with Crippen LogP contribution >= 0.6 is 0 Å². The summed E-state index contributed by atoms with van der Waals surface area (Å²) < 4.78 is 12.0. The molecule has 0 atom stereocenters. The fraction of sp³-hybridized carbons (Fsp3) is 0.227. The fourth-order valence-electron chi connectivity index (χ4n) is 2.96. The molecule has 1 aromatic heterocycles. The van der Waals surface area contributed by atoms with Crippen LogP contribution in [0.3, 0.4) is 0 Å². The number of rotatable bonds is 7. The van der Waals surface area contributed by atoms with Gasteiger partial charge >= 0.3 is 0 Å². The van der Waals surface area contributed by atoms with E-state index in [1.807, 2.05) is 0 Å². The van der Waals surface area contributed by atoms with Gasteiger partial charge in [-0.15, -0.1) is 6.42 Å². The van der Waals surface area contributed by atoms with Gasteiger partial charge in [0.15, 0.2) is 11.5 Å². The Labute approximate surface area is 168 Å². The first-order chi connectivity index (χ1) is 14.0. The van der Waals surface area contributed by atoms with Gasteiger partial charge < -0.3 is 14.8 Å². The number of nitrogens with one attached hydrogen (secondary N) is 1. The third-order valence-corrected chi connectivity index (χ3v) is 4.45. The highest BCUT2D eigenvalue weighted by molar-refractivity contribution is 5.90. The minimum Gasteiger partial charge on any atom is -0.493 e. The van der Waals surface area contributed by atoms with E-state index < -0.39 is 0 Å². The molecule has 2 aromatic carbocycles. The van der Waals surface area contributed by atoms with Crippen molar-refractivity contribution in [1.29, 1.82) is 0 Å². The van der Waals surface area contributed by atoms with Gasteiger partial charge in [0.05, 0.1) is 31.4 Å². The Balaban J connectivity index is 1.67. The van der Waals surface area contributed by atoms with Gasteiger partial charge in [-0.2, -0.15) is 0 Å². The third kappa shape index (κ3) is 4.55. The van der Waals surface area contributed by atoms with Crippen LogP contribution in [0.4, 0.5) is 5.69 Å². The number of carbonyl (C=O) groups excluding carboxylic acids is 1. The maximum atomic E-state index is 12.7. The molecule has 0 spiro atoms. The second kappa shape index (κ2) is 8.93. The summed E-state index contributed by atoms with van der Waals surface area (Å²) in [6.45, 7) is 0.369.